The lowest BCUT2D eigenvalue weighted by Crippen LogP contribution is -2.51. The van der Waals surface area contributed by atoms with Gasteiger partial charge in [0.15, 0.2) is 5.60 Å². The number of carbonyl (C=O) groups excluding carboxylic acids is 2. The van der Waals surface area contributed by atoms with Crippen LogP contribution in [0.3, 0.4) is 0 Å². The molecule has 1 aromatic rings. The molecule has 2 heterocycles. The number of urea groups is 1. The molecule has 0 aliphatic carbocycles. The molecule has 1 N–H and O–H groups in total. The fourth-order valence-electron chi connectivity index (χ4n) is 3.32. The smallest absolute Gasteiger partial charge is 0.497 e. The van der Waals surface area contributed by atoms with Crippen molar-refractivity contribution >= 4 is 12.2 Å². The number of benzene rings is 1. The zero-order chi connectivity index (χ0) is 18.7. The molecule has 1 spiro atoms. The number of hydrogen-bond acceptors (Lipinski definition) is 6. The van der Waals surface area contributed by atoms with Crippen LogP contribution >= 0.6 is 0 Å². The van der Waals surface area contributed by atoms with Crippen molar-refractivity contribution in [2.75, 3.05) is 33.9 Å². The van der Waals surface area contributed by atoms with Crippen LogP contribution in [0.4, 0.5) is 9.59 Å². The third-order valence-electron chi connectivity index (χ3n) is 4.96. The zero-order valence-electron chi connectivity index (χ0n) is 15.2. The van der Waals surface area contributed by atoms with E-state index in [2.05, 4.69) is 5.32 Å². The molecule has 0 bridgehead atoms. The Labute approximate surface area is 152 Å². The molecule has 0 radical (unpaired) electrons. The molecule has 8 nitrogen and oxygen atoms in total. The highest BCUT2D eigenvalue weighted by atomic mass is 16.8. The number of piperidine rings is 1. The number of hydrogen-bond donors (Lipinski definition) is 1. The van der Waals surface area contributed by atoms with Crippen LogP contribution in [0.15, 0.2) is 18.2 Å². The lowest BCUT2D eigenvalue weighted by atomic mass is 9.92. The van der Waals surface area contributed by atoms with E-state index >= 15 is 0 Å². The number of ether oxygens (including phenoxy) is 4. The van der Waals surface area contributed by atoms with Gasteiger partial charge in [-0.2, -0.15) is 0 Å². The Morgan fingerprint density at radius 1 is 1.27 bits per heavy atom. The summed E-state index contributed by atoms with van der Waals surface area (Å²) >= 11 is 0. The van der Waals surface area contributed by atoms with Crippen LogP contribution in [-0.2, 0) is 9.47 Å². The minimum atomic E-state index is -0.623. The number of cyclic esters (lactones) is 1. The predicted octanol–water partition coefficient (Wildman–Crippen LogP) is 2.48. The third kappa shape index (κ3) is 3.63. The lowest BCUT2D eigenvalue weighted by molar-refractivity contribution is 0.00917. The Morgan fingerprint density at radius 2 is 2.00 bits per heavy atom. The highest BCUT2D eigenvalue weighted by molar-refractivity contribution is 5.75. The van der Waals surface area contributed by atoms with Gasteiger partial charge in [0.2, 0.25) is 0 Å². The van der Waals surface area contributed by atoms with E-state index in [-0.39, 0.29) is 18.7 Å². The monoisotopic (exact) mass is 364 g/mol. The summed E-state index contributed by atoms with van der Waals surface area (Å²) in [4.78, 5) is 25.5. The minimum absolute atomic E-state index is 0.164. The molecule has 3 rings (SSSR count). The first kappa shape index (κ1) is 18.2. The standard InChI is InChI=1S/C18H24N2O6/c1-12(14-10-13(23-2)4-5-15(14)24-3)19-16(21)20-8-6-18(7-9-20)11-25-17(22)26-18/h4-5,10,12H,6-9,11H2,1-3H3,(H,19,21)/t12-/m0/s1. The summed E-state index contributed by atoms with van der Waals surface area (Å²) in [5, 5.41) is 2.99. The van der Waals surface area contributed by atoms with Crippen LogP contribution in [0.2, 0.25) is 0 Å². The van der Waals surface area contributed by atoms with Crippen molar-refractivity contribution in [1.82, 2.24) is 10.2 Å². The van der Waals surface area contributed by atoms with Gasteiger partial charge in [-0.15, -0.1) is 0 Å². The van der Waals surface area contributed by atoms with Crippen molar-refractivity contribution in [3.05, 3.63) is 23.8 Å². The van der Waals surface area contributed by atoms with E-state index in [1.807, 2.05) is 25.1 Å². The van der Waals surface area contributed by atoms with E-state index in [1.165, 1.54) is 0 Å². The molecule has 2 amide bonds. The van der Waals surface area contributed by atoms with E-state index in [4.69, 9.17) is 18.9 Å². The van der Waals surface area contributed by atoms with E-state index in [0.29, 0.717) is 37.4 Å². The number of likely N-dealkylation sites (tertiary alicyclic amines) is 1. The van der Waals surface area contributed by atoms with Gasteiger partial charge in [-0.05, 0) is 25.1 Å². The van der Waals surface area contributed by atoms with Crippen LogP contribution in [0.5, 0.6) is 11.5 Å². The normalized spacial score (nSPS) is 19.5. The Balaban J connectivity index is 1.61. The van der Waals surface area contributed by atoms with Gasteiger partial charge < -0.3 is 29.2 Å². The van der Waals surface area contributed by atoms with Crippen molar-refractivity contribution in [2.45, 2.75) is 31.4 Å². The average Bonchev–Trinajstić information content (AvgIpc) is 3.01. The molecule has 1 atom stereocenters. The molecule has 0 saturated carbocycles. The largest absolute Gasteiger partial charge is 0.509 e. The van der Waals surface area contributed by atoms with Crippen LogP contribution in [-0.4, -0.2) is 56.6 Å². The van der Waals surface area contributed by atoms with Crippen LogP contribution in [0, 0.1) is 0 Å². The second kappa shape index (κ2) is 7.31. The van der Waals surface area contributed by atoms with Gasteiger partial charge >= 0.3 is 12.2 Å². The number of methoxy groups -OCH3 is 2. The fraction of sp³-hybridized carbons (Fsp3) is 0.556. The molecule has 2 fully saturated rings. The molecular weight excluding hydrogens is 340 g/mol. The zero-order valence-corrected chi connectivity index (χ0v) is 15.2. The highest BCUT2D eigenvalue weighted by Crippen LogP contribution is 2.32. The summed E-state index contributed by atoms with van der Waals surface area (Å²) in [5.41, 5.74) is 0.266. The SMILES string of the molecule is COc1ccc(OC)c([C@H](C)NC(=O)N2CCC3(CC2)COC(=O)O3)c1. The molecule has 1 aromatic carbocycles. The summed E-state index contributed by atoms with van der Waals surface area (Å²) in [6.07, 6.45) is 0.521. The summed E-state index contributed by atoms with van der Waals surface area (Å²) in [6, 6.07) is 5.06. The van der Waals surface area contributed by atoms with Gasteiger partial charge in [0.1, 0.15) is 18.1 Å². The number of nitrogens with one attached hydrogen (secondary N) is 1. The first-order chi connectivity index (χ1) is 12.5. The quantitative estimate of drug-likeness (QED) is 0.826. The maximum absolute atomic E-state index is 12.6. The van der Waals surface area contributed by atoms with Crippen molar-refractivity contribution in [3.63, 3.8) is 0 Å². The average molecular weight is 364 g/mol. The van der Waals surface area contributed by atoms with Crippen molar-refractivity contribution < 1.29 is 28.5 Å². The van der Waals surface area contributed by atoms with Gasteiger partial charge in [0.25, 0.3) is 0 Å². The summed E-state index contributed by atoms with van der Waals surface area (Å²) in [7, 11) is 3.19. The number of amides is 2. The maximum atomic E-state index is 12.6. The molecule has 26 heavy (non-hydrogen) atoms. The first-order valence-electron chi connectivity index (χ1n) is 8.59. The second-order valence-electron chi connectivity index (χ2n) is 6.59. The van der Waals surface area contributed by atoms with E-state index in [0.717, 1.165) is 5.56 Å². The summed E-state index contributed by atoms with van der Waals surface area (Å²) < 4.78 is 20.8. The number of carbonyl (C=O) groups is 2. The van der Waals surface area contributed by atoms with Gasteiger partial charge in [-0.3, -0.25) is 0 Å². The van der Waals surface area contributed by atoms with Gasteiger partial charge in [-0.1, -0.05) is 0 Å². The Kier molecular flexibility index (Phi) is 5.11. The molecular formula is C18H24N2O6. The van der Waals surface area contributed by atoms with E-state index in [9.17, 15) is 9.59 Å². The summed E-state index contributed by atoms with van der Waals surface area (Å²) in [6.45, 7) is 3.17. The van der Waals surface area contributed by atoms with Crippen LogP contribution < -0.4 is 14.8 Å². The van der Waals surface area contributed by atoms with Gasteiger partial charge in [-0.25, -0.2) is 9.59 Å². The molecule has 2 saturated heterocycles. The molecule has 142 valence electrons. The number of rotatable bonds is 4. The molecule has 2 aliphatic rings. The van der Waals surface area contributed by atoms with Crippen LogP contribution in [0.1, 0.15) is 31.4 Å². The van der Waals surface area contributed by atoms with Crippen molar-refractivity contribution in [2.24, 2.45) is 0 Å². The Bertz CT molecular complexity index is 684. The predicted molar refractivity (Wildman–Crippen MR) is 92.5 cm³/mol. The summed E-state index contributed by atoms with van der Waals surface area (Å²) in [5.74, 6) is 1.39. The van der Waals surface area contributed by atoms with Gasteiger partial charge in [0.05, 0.1) is 20.3 Å². The highest BCUT2D eigenvalue weighted by Gasteiger charge is 2.45. The minimum Gasteiger partial charge on any atom is -0.497 e. The fourth-order valence-corrected chi connectivity index (χ4v) is 3.32. The Hall–Kier alpha value is -2.64. The van der Waals surface area contributed by atoms with Crippen molar-refractivity contribution in [3.8, 4) is 11.5 Å². The lowest BCUT2D eigenvalue weighted by Gasteiger charge is -2.36. The Morgan fingerprint density at radius 3 is 2.58 bits per heavy atom. The van der Waals surface area contributed by atoms with E-state index in [1.54, 1.807) is 19.1 Å². The van der Waals surface area contributed by atoms with Crippen molar-refractivity contribution in [1.29, 1.82) is 0 Å². The van der Waals surface area contributed by atoms with Crippen LogP contribution in [0.25, 0.3) is 0 Å². The molecule has 0 aromatic heterocycles. The topological polar surface area (TPSA) is 86.3 Å². The van der Waals surface area contributed by atoms with E-state index < -0.39 is 11.8 Å². The van der Waals surface area contributed by atoms with Gasteiger partial charge in [0, 0.05) is 31.5 Å². The molecule has 0 unspecified atom stereocenters. The molecule has 2 aliphatic heterocycles. The number of nitrogens with zero attached hydrogens (tertiary/aromatic N) is 1. The second-order valence-corrected chi connectivity index (χ2v) is 6.59. The third-order valence-corrected chi connectivity index (χ3v) is 4.96. The first-order valence-corrected chi connectivity index (χ1v) is 8.59. The maximum Gasteiger partial charge on any atom is 0.509 e. The molecule has 8 heteroatoms.